The van der Waals surface area contributed by atoms with E-state index in [2.05, 4.69) is 32.4 Å². The van der Waals surface area contributed by atoms with Crippen LogP contribution in [0.25, 0.3) is 0 Å². The molecule has 4 heterocycles. The van der Waals surface area contributed by atoms with Crippen LogP contribution in [0.4, 0.5) is 11.6 Å². The van der Waals surface area contributed by atoms with Crippen molar-refractivity contribution in [2.24, 2.45) is 5.92 Å². The van der Waals surface area contributed by atoms with E-state index in [1.807, 2.05) is 13.1 Å². The number of hydrogen-bond donors (Lipinski definition) is 2. The average molecular weight is 261 g/mol. The molecule has 3 saturated heterocycles. The third-order valence-electron chi connectivity index (χ3n) is 4.33. The predicted octanol–water partition coefficient (Wildman–Crippen LogP) is 1.59. The first kappa shape index (κ1) is 12.7. The highest BCUT2D eigenvalue weighted by Gasteiger charge is 2.34. The van der Waals surface area contributed by atoms with Gasteiger partial charge in [0.1, 0.15) is 17.5 Å². The first-order valence-electron chi connectivity index (χ1n) is 7.33. The summed E-state index contributed by atoms with van der Waals surface area (Å²) in [6.07, 6.45) is 3.51. The Morgan fingerprint density at radius 3 is 2.58 bits per heavy atom. The fraction of sp³-hybridized carbons (Fsp3) is 0.714. The van der Waals surface area contributed by atoms with Gasteiger partial charge in [0.25, 0.3) is 0 Å². The Labute approximate surface area is 114 Å². The minimum absolute atomic E-state index is 0.548. The number of nitrogens with zero attached hydrogens (tertiary/aromatic N) is 3. The van der Waals surface area contributed by atoms with E-state index in [1.54, 1.807) is 0 Å². The summed E-state index contributed by atoms with van der Waals surface area (Å²) in [6.45, 7) is 5.79. The van der Waals surface area contributed by atoms with Gasteiger partial charge in [0, 0.05) is 32.1 Å². The third kappa shape index (κ3) is 2.66. The molecule has 0 saturated carbocycles. The minimum Gasteiger partial charge on any atom is -0.373 e. The summed E-state index contributed by atoms with van der Waals surface area (Å²) in [7, 11) is 1.90. The van der Waals surface area contributed by atoms with Crippen LogP contribution < -0.4 is 10.6 Å². The second-order valence-electron chi connectivity index (χ2n) is 5.55. The van der Waals surface area contributed by atoms with Crippen LogP contribution in [0.3, 0.4) is 0 Å². The summed E-state index contributed by atoms with van der Waals surface area (Å²) in [5.41, 5.74) is 0. The number of anilines is 2. The maximum absolute atomic E-state index is 4.60. The van der Waals surface area contributed by atoms with E-state index in [9.17, 15) is 0 Å². The molecule has 3 aliphatic rings. The van der Waals surface area contributed by atoms with Crippen molar-refractivity contribution in [2.75, 3.05) is 37.3 Å². The quantitative estimate of drug-likeness (QED) is 0.862. The highest BCUT2D eigenvalue weighted by Crippen LogP contribution is 2.29. The van der Waals surface area contributed by atoms with Gasteiger partial charge >= 0.3 is 0 Å². The van der Waals surface area contributed by atoms with Gasteiger partial charge in [-0.05, 0) is 31.8 Å². The summed E-state index contributed by atoms with van der Waals surface area (Å²) in [4.78, 5) is 11.6. The normalized spacial score (nSPS) is 29.3. The molecule has 1 unspecified atom stereocenters. The Morgan fingerprint density at radius 2 is 2.00 bits per heavy atom. The molecule has 104 valence electrons. The lowest BCUT2D eigenvalue weighted by Gasteiger charge is -2.45. The monoisotopic (exact) mass is 261 g/mol. The molecule has 2 bridgehead atoms. The fourth-order valence-corrected chi connectivity index (χ4v) is 3.18. The van der Waals surface area contributed by atoms with E-state index in [0.29, 0.717) is 6.04 Å². The van der Waals surface area contributed by atoms with Crippen LogP contribution in [0.15, 0.2) is 6.07 Å². The van der Waals surface area contributed by atoms with Gasteiger partial charge in [-0.3, -0.25) is 0 Å². The van der Waals surface area contributed by atoms with Crippen LogP contribution in [0.5, 0.6) is 0 Å². The van der Waals surface area contributed by atoms with E-state index >= 15 is 0 Å². The molecule has 1 atom stereocenters. The van der Waals surface area contributed by atoms with Crippen LogP contribution in [-0.2, 0) is 6.42 Å². The fourth-order valence-electron chi connectivity index (χ4n) is 3.18. The SMILES string of the molecule is CCc1nc(NC)cc(NC2CN3CCC2CC3)n1. The lowest BCUT2D eigenvalue weighted by atomic mass is 9.84. The van der Waals surface area contributed by atoms with E-state index in [4.69, 9.17) is 0 Å². The zero-order chi connectivity index (χ0) is 13.2. The van der Waals surface area contributed by atoms with Gasteiger partial charge in [-0.15, -0.1) is 0 Å². The molecule has 0 aromatic carbocycles. The third-order valence-corrected chi connectivity index (χ3v) is 4.33. The second kappa shape index (κ2) is 5.33. The van der Waals surface area contributed by atoms with Crippen LogP contribution in [0.1, 0.15) is 25.6 Å². The molecule has 19 heavy (non-hydrogen) atoms. The first-order valence-corrected chi connectivity index (χ1v) is 7.33. The highest BCUT2D eigenvalue weighted by molar-refractivity contribution is 5.48. The molecule has 1 aromatic rings. The van der Waals surface area contributed by atoms with Crippen molar-refractivity contribution < 1.29 is 0 Å². The largest absolute Gasteiger partial charge is 0.373 e. The Bertz CT molecular complexity index is 417. The number of piperidine rings is 3. The average Bonchev–Trinajstić information content (AvgIpc) is 2.48. The van der Waals surface area contributed by atoms with Gasteiger partial charge in [-0.25, -0.2) is 9.97 Å². The van der Waals surface area contributed by atoms with Crippen molar-refractivity contribution >= 4 is 11.6 Å². The molecule has 4 rings (SSSR count). The van der Waals surface area contributed by atoms with Crippen LogP contribution in [-0.4, -0.2) is 47.6 Å². The number of nitrogens with one attached hydrogen (secondary N) is 2. The smallest absolute Gasteiger partial charge is 0.132 e. The van der Waals surface area contributed by atoms with E-state index in [1.165, 1.54) is 25.9 Å². The maximum Gasteiger partial charge on any atom is 0.132 e. The lowest BCUT2D eigenvalue weighted by Crippen LogP contribution is -2.53. The molecule has 0 spiro atoms. The first-order chi connectivity index (χ1) is 9.28. The van der Waals surface area contributed by atoms with Crippen LogP contribution in [0, 0.1) is 5.92 Å². The minimum atomic E-state index is 0.548. The Hall–Kier alpha value is -1.36. The molecule has 1 aromatic heterocycles. The summed E-state index contributed by atoms with van der Waals surface area (Å²) in [5.74, 6) is 3.57. The van der Waals surface area contributed by atoms with Crippen molar-refractivity contribution in [1.29, 1.82) is 0 Å². The Kier molecular flexibility index (Phi) is 3.55. The van der Waals surface area contributed by atoms with E-state index in [0.717, 1.165) is 36.3 Å². The van der Waals surface area contributed by atoms with E-state index in [-0.39, 0.29) is 0 Å². The van der Waals surface area contributed by atoms with Crippen LogP contribution in [0.2, 0.25) is 0 Å². The predicted molar refractivity (Wildman–Crippen MR) is 77.5 cm³/mol. The summed E-state index contributed by atoms with van der Waals surface area (Å²) in [5, 5.41) is 6.74. The topological polar surface area (TPSA) is 53.1 Å². The van der Waals surface area contributed by atoms with Crippen molar-refractivity contribution in [3.63, 3.8) is 0 Å². The summed E-state index contributed by atoms with van der Waals surface area (Å²) < 4.78 is 0. The molecule has 3 aliphatic heterocycles. The summed E-state index contributed by atoms with van der Waals surface area (Å²) >= 11 is 0. The molecular formula is C14H23N5. The molecule has 5 nitrogen and oxygen atoms in total. The van der Waals surface area contributed by atoms with Gasteiger partial charge < -0.3 is 15.5 Å². The standard InChI is InChI=1S/C14H23N5/c1-3-12-17-13(15-2)8-14(18-12)16-11-9-19-6-4-10(11)5-7-19/h8,10-11H,3-7,9H2,1-2H3,(H2,15,16,17,18). The van der Waals surface area contributed by atoms with Gasteiger partial charge in [-0.1, -0.05) is 6.92 Å². The Balaban J connectivity index is 1.75. The van der Waals surface area contributed by atoms with E-state index < -0.39 is 0 Å². The molecule has 0 radical (unpaired) electrons. The number of fused-ring (bicyclic) bond motifs is 3. The van der Waals surface area contributed by atoms with Crippen LogP contribution >= 0.6 is 0 Å². The van der Waals surface area contributed by atoms with Gasteiger partial charge in [0.05, 0.1) is 0 Å². The van der Waals surface area contributed by atoms with Gasteiger partial charge in [0.15, 0.2) is 0 Å². The van der Waals surface area contributed by atoms with Gasteiger partial charge in [-0.2, -0.15) is 0 Å². The maximum atomic E-state index is 4.60. The number of aryl methyl sites for hydroxylation is 1. The van der Waals surface area contributed by atoms with Crippen molar-refractivity contribution in [2.45, 2.75) is 32.2 Å². The highest BCUT2D eigenvalue weighted by atomic mass is 15.2. The van der Waals surface area contributed by atoms with Crippen molar-refractivity contribution in [1.82, 2.24) is 14.9 Å². The number of hydrogen-bond acceptors (Lipinski definition) is 5. The zero-order valence-electron chi connectivity index (χ0n) is 11.8. The summed E-state index contributed by atoms with van der Waals surface area (Å²) in [6, 6.07) is 2.56. The zero-order valence-corrected chi connectivity index (χ0v) is 11.8. The Morgan fingerprint density at radius 1 is 1.26 bits per heavy atom. The van der Waals surface area contributed by atoms with Crippen molar-refractivity contribution in [3.8, 4) is 0 Å². The van der Waals surface area contributed by atoms with Gasteiger partial charge in [0.2, 0.25) is 0 Å². The molecule has 5 heteroatoms. The lowest BCUT2D eigenvalue weighted by molar-refractivity contribution is 0.0974. The number of rotatable bonds is 4. The molecule has 3 fully saturated rings. The second-order valence-corrected chi connectivity index (χ2v) is 5.55. The van der Waals surface area contributed by atoms with Crippen molar-refractivity contribution in [3.05, 3.63) is 11.9 Å². The molecule has 2 N–H and O–H groups in total. The molecule has 0 amide bonds. The molecular weight excluding hydrogens is 238 g/mol. The molecule has 0 aliphatic carbocycles. The number of aromatic nitrogens is 2.